The first-order valence-corrected chi connectivity index (χ1v) is 5.29. The predicted molar refractivity (Wildman–Crippen MR) is 57.5 cm³/mol. The van der Waals surface area contributed by atoms with Gasteiger partial charge in [0.1, 0.15) is 0 Å². The van der Waals surface area contributed by atoms with Crippen LogP contribution in [0.4, 0.5) is 4.79 Å². The lowest BCUT2D eigenvalue weighted by Gasteiger charge is -1.90. The molecule has 4 nitrogen and oxygen atoms in total. The molecule has 6 heteroatoms. The van der Waals surface area contributed by atoms with Gasteiger partial charge in [-0.3, -0.25) is 0 Å². The van der Waals surface area contributed by atoms with Crippen LogP contribution in [0.2, 0.25) is 0 Å². The van der Waals surface area contributed by atoms with Crippen LogP contribution in [0.5, 0.6) is 5.19 Å². The van der Waals surface area contributed by atoms with Gasteiger partial charge in [0, 0.05) is 4.47 Å². The van der Waals surface area contributed by atoms with E-state index < -0.39 is 6.09 Å². The molecule has 1 heterocycles. The van der Waals surface area contributed by atoms with Crippen molar-refractivity contribution in [3.05, 3.63) is 22.7 Å². The lowest BCUT2D eigenvalue weighted by atomic mass is 10.3. The number of benzene rings is 1. The van der Waals surface area contributed by atoms with E-state index in [1.54, 1.807) is 0 Å². The van der Waals surface area contributed by atoms with Gasteiger partial charge in [0.25, 0.3) is 5.19 Å². The van der Waals surface area contributed by atoms with Crippen LogP contribution in [0.3, 0.4) is 0 Å². The van der Waals surface area contributed by atoms with Gasteiger partial charge in [0.05, 0.1) is 10.2 Å². The highest BCUT2D eigenvalue weighted by atomic mass is 79.9. The summed E-state index contributed by atoms with van der Waals surface area (Å²) < 4.78 is 6.55. The van der Waals surface area contributed by atoms with Crippen LogP contribution in [0.1, 0.15) is 0 Å². The molecule has 2 N–H and O–H groups in total. The number of amides is 1. The Labute approximate surface area is 91.8 Å². The van der Waals surface area contributed by atoms with Crippen molar-refractivity contribution in [2.24, 2.45) is 5.73 Å². The lowest BCUT2D eigenvalue weighted by Crippen LogP contribution is -2.15. The second kappa shape index (κ2) is 3.55. The van der Waals surface area contributed by atoms with Crippen molar-refractivity contribution in [3.63, 3.8) is 0 Å². The number of nitrogens with zero attached hydrogens (tertiary/aromatic N) is 1. The number of rotatable bonds is 1. The molecule has 72 valence electrons. The van der Waals surface area contributed by atoms with Crippen LogP contribution in [0, 0.1) is 0 Å². The van der Waals surface area contributed by atoms with E-state index in [1.807, 2.05) is 18.2 Å². The maximum atomic E-state index is 10.5. The number of hydrogen-bond donors (Lipinski definition) is 1. The minimum atomic E-state index is -0.844. The van der Waals surface area contributed by atoms with Crippen molar-refractivity contribution >= 4 is 43.6 Å². The van der Waals surface area contributed by atoms with Gasteiger partial charge >= 0.3 is 6.09 Å². The lowest BCUT2D eigenvalue weighted by molar-refractivity contribution is 0.211. The molecular formula is C8H5BrN2O2S. The summed E-state index contributed by atoms with van der Waals surface area (Å²) in [4.78, 5) is 14.5. The number of halogens is 1. The maximum Gasteiger partial charge on any atom is 0.411 e. The molecule has 2 aromatic rings. The van der Waals surface area contributed by atoms with Crippen LogP contribution in [0.15, 0.2) is 22.7 Å². The average Bonchev–Trinajstić information content (AvgIpc) is 2.44. The van der Waals surface area contributed by atoms with Crippen LogP contribution < -0.4 is 10.5 Å². The largest absolute Gasteiger partial charge is 0.411 e. The normalized spacial score (nSPS) is 10.4. The third-order valence-corrected chi connectivity index (χ3v) is 2.93. The molecule has 0 fully saturated rings. The summed E-state index contributed by atoms with van der Waals surface area (Å²) in [6, 6.07) is 5.64. The van der Waals surface area contributed by atoms with E-state index >= 15 is 0 Å². The smallest absolute Gasteiger partial charge is 0.381 e. The molecule has 0 bridgehead atoms. The molecule has 0 saturated carbocycles. The summed E-state index contributed by atoms with van der Waals surface area (Å²) in [7, 11) is 0. The van der Waals surface area contributed by atoms with E-state index in [-0.39, 0.29) is 5.19 Å². The second-order valence-corrected chi connectivity index (χ2v) is 4.42. The summed E-state index contributed by atoms with van der Waals surface area (Å²) in [5.74, 6) is 0. The first-order valence-electron chi connectivity index (χ1n) is 3.68. The first kappa shape index (κ1) is 9.42. The Morgan fingerprint density at radius 2 is 2.36 bits per heavy atom. The summed E-state index contributed by atoms with van der Waals surface area (Å²) in [6.07, 6.45) is -0.844. The van der Waals surface area contributed by atoms with Crippen LogP contribution in [0.25, 0.3) is 10.2 Å². The third-order valence-electron chi connectivity index (χ3n) is 1.52. The number of carbonyl (C=O) groups is 1. The third kappa shape index (κ3) is 1.85. The summed E-state index contributed by atoms with van der Waals surface area (Å²) in [6.45, 7) is 0. The monoisotopic (exact) mass is 272 g/mol. The standard InChI is InChI=1S/C8H5BrN2O2S/c9-4-1-2-6-5(3-4)11-8(14-6)13-7(10)12/h1-3H,(H2,10,12). The molecule has 0 aliphatic heterocycles. The molecule has 1 aromatic heterocycles. The van der Waals surface area contributed by atoms with Crippen LogP contribution in [-0.4, -0.2) is 11.1 Å². The van der Waals surface area contributed by atoms with E-state index in [1.165, 1.54) is 11.3 Å². The van der Waals surface area contributed by atoms with Crippen LogP contribution >= 0.6 is 27.3 Å². The topological polar surface area (TPSA) is 65.2 Å². The minimum absolute atomic E-state index is 0.269. The fourth-order valence-corrected chi connectivity index (χ4v) is 2.16. The van der Waals surface area contributed by atoms with Crippen molar-refractivity contribution in [2.45, 2.75) is 0 Å². The van der Waals surface area contributed by atoms with Crippen molar-refractivity contribution in [2.75, 3.05) is 0 Å². The fraction of sp³-hybridized carbons (Fsp3) is 0. The number of aromatic nitrogens is 1. The zero-order chi connectivity index (χ0) is 10.1. The van der Waals surface area contributed by atoms with Gasteiger partial charge in [0.2, 0.25) is 0 Å². The average molecular weight is 273 g/mol. The van der Waals surface area contributed by atoms with Crippen molar-refractivity contribution in [1.82, 2.24) is 4.98 Å². The zero-order valence-corrected chi connectivity index (χ0v) is 9.26. The van der Waals surface area contributed by atoms with Gasteiger partial charge in [0.15, 0.2) is 0 Å². The second-order valence-electron chi connectivity index (χ2n) is 2.51. The molecule has 1 amide bonds. The van der Waals surface area contributed by atoms with Gasteiger partial charge in [-0.05, 0) is 18.2 Å². The number of thiazole rings is 1. The number of hydrogen-bond acceptors (Lipinski definition) is 4. The molecule has 0 aliphatic rings. The Balaban J connectivity index is 2.46. The first-order chi connectivity index (χ1) is 6.65. The SMILES string of the molecule is NC(=O)Oc1nc2cc(Br)ccc2s1. The molecule has 0 unspecified atom stereocenters. The molecule has 0 aliphatic carbocycles. The highest BCUT2D eigenvalue weighted by Crippen LogP contribution is 2.29. The molecule has 0 spiro atoms. The Morgan fingerprint density at radius 1 is 1.57 bits per heavy atom. The van der Waals surface area contributed by atoms with Gasteiger partial charge in [-0.15, -0.1) is 0 Å². The van der Waals surface area contributed by atoms with E-state index in [4.69, 9.17) is 5.73 Å². The fourth-order valence-electron chi connectivity index (χ4n) is 1.01. The van der Waals surface area contributed by atoms with Crippen molar-refractivity contribution < 1.29 is 9.53 Å². The van der Waals surface area contributed by atoms with Crippen LogP contribution in [-0.2, 0) is 0 Å². The predicted octanol–water partition coefficient (Wildman–Crippen LogP) is 2.52. The van der Waals surface area contributed by atoms with E-state index in [9.17, 15) is 4.79 Å². The van der Waals surface area contributed by atoms with Gasteiger partial charge in [-0.2, -0.15) is 0 Å². The Morgan fingerprint density at radius 3 is 3.07 bits per heavy atom. The molecule has 0 saturated heterocycles. The van der Waals surface area contributed by atoms with E-state index in [2.05, 4.69) is 25.7 Å². The van der Waals surface area contributed by atoms with Crippen molar-refractivity contribution in [3.8, 4) is 5.19 Å². The molecule has 2 rings (SSSR count). The van der Waals surface area contributed by atoms with E-state index in [0.29, 0.717) is 0 Å². The van der Waals surface area contributed by atoms with Gasteiger partial charge in [-0.1, -0.05) is 27.3 Å². The highest BCUT2D eigenvalue weighted by Gasteiger charge is 2.06. The van der Waals surface area contributed by atoms with E-state index in [0.717, 1.165) is 14.7 Å². The highest BCUT2D eigenvalue weighted by molar-refractivity contribution is 9.10. The molecule has 14 heavy (non-hydrogen) atoms. The minimum Gasteiger partial charge on any atom is -0.381 e. The molecule has 1 aromatic carbocycles. The molecular weight excluding hydrogens is 268 g/mol. The Bertz CT molecular complexity index is 497. The number of nitrogens with two attached hydrogens (primary N) is 1. The Hall–Kier alpha value is -1.14. The molecule has 0 atom stereocenters. The summed E-state index contributed by atoms with van der Waals surface area (Å²) in [5, 5.41) is 0.269. The summed E-state index contributed by atoms with van der Waals surface area (Å²) in [5.41, 5.74) is 5.65. The zero-order valence-electron chi connectivity index (χ0n) is 6.86. The maximum absolute atomic E-state index is 10.5. The van der Waals surface area contributed by atoms with Gasteiger partial charge in [-0.25, -0.2) is 9.78 Å². The Kier molecular flexibility index (Phi) is 2.39. The quantitative estimate of drug-likeness (QED) is 0.868. The summed E-state index contributed by atoms with van der Waals surface area (Å²) >= 11 is 4.60. The van der Waals surface area contributed by atoms with Gasteiger partial charge < -0.3 is 10.5 Å². The van der Waals surface area contributed by atoms with Crippen molar-refractivity contribution in [1.29, 1.82) is 0 Å². The number of primary amides is 1. The number of fused-ring (bicyclic) bond motifs is 1. The number of ether oxygens (including phenoxy) is 1. The molecule has 0 radical (unpaired) electrons. The number of carbonyl (C=O) groups excluding carboxylic acids is 1.